The minimum Gasteiger partial charge on any atom is -0.492 e. The van der Waals surface area contributed by atoms with Gasteiger partial charge < -0.3 is 25.8 Å². The van der Waals surface area contributed by atoms with Crippen LogP contribution in [-0.4, -0.2) is 60.2 Å². The number of carbonyl (C=O) groups excluding carboxylic acids is 1. The van der Waals surface area contributed by atoms with E-state index in [4.69, 9.17) is 15.2 Å². The van der Waals surface area contributed by atoms with Crippen molar-refractivity contribution in [3.63, 3.8) is 0 Å². The third kappa shape index (κ3) is 6.40. The summed E-state index contributed by atoms with van der Waals surface area (Å²) in [7, 11) is 0. The van der Waals surface area contributed by atoms with Crippen LogP contribution in [0.25, 0.3) is 0 Å². The van der Waals surface area contributed by atoms with Crippen molar-refractivity contribution in [2.45, 2.75) is 6.54 Å². The molecule has 9 nitrogen and oxygen atoms in total. The number of ether oxygens (including phenoxy) is 2. The van der Waals surface area contributed by atoms with Crippen LogP contribution in [0.2, 0.25) is 0 Å². The Kier molecular flexibility index (Phi) is 8.18. The molecule has 0 saturated carbocycles. The van der Waals surface area contributed by atoms with Crippen LogP contribution in [0.1, 0.15) is 15.9 Å². The fraction of sp³-hybridized carbons (Fsp3) is 0.292. The maximum atomic E-state index is 14.0. The summed E-state index contributed by atoms with van der Waals surface area (Å²) in [6.07, 6.45) is 1.18. The van der Waals surface area contributed by atoms with E-state index in [0.717, 1.165) is 38.9 Å². The van der Waals surface area contributed by atoms with Gasteiger partial charge in [-0.3, -0.25) is 9.69 Å². The summed E-state index contributed by atoms with van der Waals surface area (Å²) in [5, 5.41) is 5.61. The zero-order valence-electron chi connectivity index (χ0n) is 19.3. The van der Waals surface area contributed by atoms with Gasteiger partial charge in [0, 0.05) is 43.6 Å². The molecule has 1 saturated heterocycles. The first-order valence-corrected chi connectivity index (χ1v) is 11.2. The van der Waals surface area contributed by atoms with Crippen molar-refractivity contribution in [3.8, 4) is 5.75 Å². The normalized spacial score (nSPS) is 13.9. The number of morpholine rings is 1. The Morgan fingerprint density at radius 2 is 1.81 bits per heavy atom. The van der Waals surface area contributed by atoms with Gasteiger partial charge in [0.25, 0.3) is 5.91 Å². The minimum absolute atomic E-state index is 0.0638. The predicted molar refractivity (Wildman–Crippen MR) is 127 cm³/mol. The number of benzene rings is 2. The zero-order chi connectivity index (χ0) is 25.5. The highest BCUT2D eigenvalue weighted by molar-refractivity contribution is 5.97. The molecule has 2 aromatic carbocycles. The Hall–Kier alpha value is -3.90. The number of hydrogen-bond donors (Lipinski definition) is 3. The lowest BCUT2D eigenvalue weighted by molar-refractivity contribution is 0.0322. The number of nitrogens with two attached hydrogens (primary N) is 1. The lowest BCUT2D eigenvalue weighted by atomic mass is 10.2. The van der Waals surface area contributed by atoms with Crippen LogP contribution < -0.4 is 21.1 Å². The van der Waals surface area contributed by atoms with Crippen molar-refractivity contribution in [2.75, 3.05) is 50.1 Å². The van der Waals surface area contributed by atoms with E-state index in [2.05, 4.69) is 25.5 Å². The van der Waals surface area contributed by atoms with E-state index in [1.165, 1.54) is 6.20 Å². The van der Waals surface area contributed by atoms with E-state index < -0.39 is 35.5 Å². The quantitative estimate of drug-likeness (QED) is 0.363. The van der Waals surface area contributed by atoms with Gasteiger partial charge in [-0.2, -0.15) is 4.98 Å². The van der Waals surface area contributed by atoms with Crippen molar-refractivity contribution in [3.05, 3.63) is 71.2 Å². The predicted octanol–water partition coefficient (Wildman–Crippen LogP) is 3.06. The molecule has 0 spiro atoms. The molecule has 0 atom stereocenters. The average Bonchev–Trinajstić information content (AvgIpc) is 2.88. The second kappa shape index (κ2) is 11.7. The van der Waals surface area contributed by atoms with E-state index >= 15 is 0 Å². The first-order chi connectivity index (χ1) is 17.4. The first kappa shape index (κ1) is 25.2. The summed E-state index contributed by atoms with van der Waals surface area (Å²) in [4.78, 5) is 22.3. The summed E-state index contributed by atoms with van der Waals surface area (Å²) in [5.74, 6) is -3.58. The monoisotopic (exact) mass is 502 g/mol. The van der Waals surface area contributed by atoms with Gasteiger partial charge in [0.1, 0.15) is 24.0 Å². The highest BCUT2D eigenvalue weighted by atomic mass is 19.2. The molecule has 0 aliphatic carbocycles. The van der Waals surface area contributed by atoms with Crippen LogP contribution in [0.4, 0.5) is 30.6 Å². The molecule has 1 aliphatic heterocycles. The molecule has 1 fully saturated rings. The molecular weight excluding hydrogens is 477 g/mol. The molecule has 0 unspecified atom stereocenters. The molecule has 36 heavy (non-hydrogen) atoms. The van der Waals surface area contributed by atoms with Gasteiger partial charge in [-0.1, -0.05) is 0 Å². The fourth-order valence-corrected chi connectivity index (χ4v) is 3.54. The molecule has 3 aromatic rings. The Labute approximate surface area is 205 Å². The molecular formula is C24H25F3N6O3. The summed E-state index contributed by atoms with van der Waals surface area (Å²) < 4.78 is 52.6. The van der Waals surface area contributed by atoms with Crippen molar-refractivity contribution in [1.29, 1.82) is 0 Å². The largest absolute Gasteiger partial charge is 0.492 e. The highest BCUT2D eigenvalue weighted by Crippen LogP contribution is 2.22. The molecule has 1 aromatic heterocycles. The third-order valence-corrected chi connectivity index (χ3v) is 5.52. The Morgan fingerprint density at radius 3 is 2.53 bits per heavy atom. The van der Waals surface area contributed by atoms with Crippen LogP contribution in [0.3, 0.4) is 0 Å². The Balaban J connectivity index is 1.39. The van der Waals surface area contributed by atoms with Crippen LogP contribution in [-0.2, 0) is 11.3 Å². The zero-order valence-corrected chi connectivity index (χ0v) is 19.3. The van der Waals surface area contributed by atoms with Gasteiger partial charge >= 0.3 is 0 Å². The second-order valence-electron chi connectivity index (χ2n) is 7.95. The van der Waals surface area contributed by atoms with E-state index in [1.54, 1.807) is 24.3 Å². The topological polar surface area (TPSA) is 115 Å². The highest BCUT2D eigenvalue weighted by Gasteiger charge is 2.17. The number of rotatable bonds is 10. The first-order valence-electron chi connectivity index (χ1n) is 11.2. The van der Waals surface area contributed by atoms with Crippen molar-refractivity contribution in [1.82, 2.24) is 14.9 Å². The Morgan fingerprint density at radius 1 is 1.08 bits per heavy atom. The van der Waals surface area contributed by atoms with E-state index in [9.17, 15) is 18.0 Å². The third-order valence-electron chi connectivity index (χ3n) is 5.52. The van der Waals surface area contributed by atoms with Gasteiger partial charge in [0.05, 0.1) is 18.8 Å². The molecule has 4 rings (SSSR count). The smallest absolute Gasteiger partial charge is 0.254 e. The molecule has 4 N–H and O–H groups in total. The Bertz CT molecular complexity index is 1210. The maximum Gasteiger partial charge on any atom is 0.254 e. The number of primary amides is 1. The van der Waals surface area contributed by atoms with Gasteiger partial charge in [-0.05, 0) is 36.4 Å². The van der Waals surface area contributed by atoms with Crippen molar-refractivity contribution >= 4 is 23.4 Å². The van der Waals surface area contributed by atoms with Crippen LogP contribution >= 0.6 is 0 Å². The average molecular weight is 502 g/mol. The number of anilines is 3. The molecule has 2 heterocycles. The number of hydrogen-bond acceptors (Lipinski definition) is 8. The van der Waals surface area contributed by atoms with Crippen molar-refractivity contribution in [2.24, 2.45) is 5.73 Å². The number of nitrogens with zero attached hydrogens (tertiary/aromatic N) is 3. The van der Waals surface area contributed by atoms with Gasteiger partial charge in [0.2, 0.25) is 5.95 Å². The summed E-state index contributed by atoms with van der Waals surface area (Å²) in [6.45, 7) is 4.14. The van der Waals surface area contributed by atoms with Crippen LogP contribution in [0, 0.1) is 17.5 Å². The molecule has 0 bridgehead atoms. The number of halogens is 3. The molecule has 190 valence electrons. The fourth-order valence-electron chi connectivity index (χ4n) is 3.54. The summed E-state index contributed by atoms with van der Waals surface area (Å²) in [6, 6.07) is 8.60. The number of nitrogens with one attached hydrogen (secondary N) is 2. The molecule has 1 amide bonds. The van der Waals surface area contributed by atoms with E-state index in [0.29, 0.717) is 24.1 Å². The van der Waals surface area contributed by atoms with Crippen molar-refractivity contribution < 1.29 is 27.4 Å². The standard InChI is InChI=1S/C24H25F3N6O3/c25-19-5-6-20(26)21(27)17(19)13-29-23-18(22(28)34)14-30-24(32-23)31-15-1-3-16(4-2-15)36-12-9-33-7-10-35-11-8-33/h1-6,14H,7-13H2,(H2,28,34)(H2,29,30,31,32). The molecule has 0 radical (unpaired) electrons. The molecule has 1 aliphatic rings. The minimum atomic E-state index is -1.33. The SMILES string of the molecule is NC(=O)c1cnc(Nc2ccc(OCCN3CCOCC3)cc2)nc1NCc1c(F)ccc(F)c1F. The van der Waals surface area contributed by atoms with E-state index in [-0.39, 0.29) is 17.3 Å². The van der Waals surface area contributed by atoms with Crippen LogP contribution in [0.5, 0.6) is 5.75 Å². The molecule has 12 heteroatoms. The van der Waals surface area contributed by atoms with E-state index in [1.807, 2.05) is 0 Å². The van der Waals surface area contributed by atoms with Gasteiger partial charge in [-0.15, -0.1) is 0 Å². The lowest BCUT2D eigenvalue weighted by Gasteiger charge is -2.26. The number of carbonyl (C=O) groups is 1. The number of amides is 1. The van der Waals surface area contributed by atoms with Crippen LogP contribution in [0.15, 0.2) is 42.6 Å². The maximum absolute atomic E-state index is 14.0. The summed E-state index contributed by atoms with van der Waals surface area (Å²) >= 11 is 0. The lowest BCUT2D eigenvalue weighted by Crippen LogP contribution is -2.38. The van der Waals surface area contributed by atoms with Gasteiger partial charge in [-0.25, -0.2) is 18.2 Å². The second-order valence-corrected chi connectivity index (χ2v) is 7.95. The van der Waals surface area contributed by atoms with Gasteiger partial charge in [0.15, 0.2) is 11.6 Å². The number of aromatic nitrogens is 2. The summed E-state index contributed by atoms with van der Waals surface area (Å²) in [5.41, 5.74) is 5.36.